The van der Waals surface area contributed by atoms with Crippen molar-refractivity contribution in [2.45, 2.75) is 39.3 Å². The molecule has 1 aliphatic rings. The summed E-state index contributed by atoms with van der Waals surface area (Å²) < 4.78 is 6.86. The van der Waals surface area contributed by atoms with Gasteiger partial charge in [0.15, 0.2) is 0 Å². The summed E-state index contributed by atoms with van der Waals surface area (Å²) in [5.41, 5.74) is 5.60. The number of ether oxygens (including phenoxy) is 1. The molecular formula is C18H23N3O2. The lowest BCUT2D eigenvalue weighted by Gasteiger charge is -2.16. The number of methoxy groups -OCH3 is 1. The maximum atomic E-state index is 11.5. The van der Waals surface area contributed by atoms with E-state index in [-0.39, 0.29) is 5.97 Å². The molecule has 2 heterocycles. The maximum absolute atomic E-state index is 11.5. The highest BCUT2D eigenvalue weighted by Crippen LogP contribution is 2.25. The van der Waals surface area contributed by atoms with Gasteiger partial charge in [-0.25, -0.2) is 4.79 Å². The molecule has 1 aromatic heterocycles. The van der Waals surface area contributed by atoms with Crippen LogP contribution in [0.5, 0.6) is 0 Å². The minimum absolute atomic E-state index is 0.304. The predicted molar refractivity (Wildman–Crippen MR) is 88.6 cm³/mol. The number of carbonyl (C=O) groups excluding carboxylic acids is 1. The first kappa shape index (κ1) is 15.7. The summed E-state index contributed by atoms with van der Waals surface area (Å²) in [6.07, 6.45) is 1.01. The van der Waals surface area contributed by atoms with Gasteiger partial charge in [0.1, 0.15) is 0 Å². The molecule has 122 valence electrons. The van der Waals surface area contributed by atoms with Crippen LogP contribution in [0.4, 0.5) is 0 Å². The fourth-order valence-corrected chi connectivity index (χ4v) is 3.08. The number of nitrogens with zero attached hydrogens (tertiary/aromatic N) is 2. The number of nitrogens with one attached hydrogen (secondary N) is 1. The molecule has 0 radical (unpaired) electrons. The number of esters is 1. The Morgan fingerprint density at radius 1 is 1.35 bits per heavy atom. The van der Waals surface area contributed by atoms with Gasteiger partial charge in [0.05, 0.1) is 24.9 Å². The van der Waals surface area contributed by atoms with Crippen molar-refractivity contribution in [3.63, 3.8) is 0 Å². The summed E-state index contributed by atoms with van der Waals surface area (Å²) in [5.74, 6) is 0.118. The van der Waals surface area contributed by atoms with Gasteiger partial charge in [0.25, 0.3) is 0 Å². The van der Waals surface area contributed by atoms with Gasteiger partial charge < -0.3 is 10.1 Å². The first-order valence-corrected chi connectivity index (χ1v) is 8.06. The predicted octanol–water partition coefficient (Wildman–Crippen LogP) is 2.49. The minimum Gasteiger partial charge on any atom is -0.465 e. The third kappa shape index (κ3) is 3.15. The van der Waals surface area contributed by atoms with Crippen LogP contribution in [0.25, 0.3) is 0 Å². The summed E-state index contributed by atoms with van der Waals surface area (Å²) >= 11 is 0. The lowest BCUT2D eigenvalue weighted by molar-refractivity contribution is 0.0600. The summed E-state index contributed by atoms with van der Waals surface area (Å²) in [6, 6.07) is 7.55. The Bertz CT molecular complexity index is 702. The van der Waals surface area contributed by atoms with E-state index in [1.807, 2.05) is 24.3 Å². The van der Waals surface area contributed by atoms with E-state index in [2.05, 4.69) is 23.8 Å². The molecule has 3 rings (SSSR count). The highest BCUT2D eigenvalue weighted by atomic mass is 16.5. The number of carbonyl (C=O) groups is 1. The van der Waals surface area contributed by atoms with Crippen LogP contribution in [0.15, 0.2) is 24.3 Å². The highest BCUT2D eigenvalue weighted by molar-refractivity contribution is 5.89. The second-order valence-electron chi connectivity index (χ2n) is 6.24. The standard InChI is InChI=1S/C18H23N3O2/c1-12(2)17-15-10-19-9-8-16(15)21(20-17)11-13-4-6-14(7-5-13)18(22)23-3/h4-7,12,19H,8-11H2,1-3H3. The van der Waals surface area contributed by atoms with Crippen molar-refractivity contribution < 1.29 is 9.53 Å². The number of fused-ring (bicyclic) bond motifs is 1. The van der Waals surface area contributed by atoms with E-state index in [1.165, 1.54) is 24.1 Å². The number of benzene rings is 1. The molecule has 0 aliphatic carbocycles. The third-order valence-corrected chi connectivity index (χ3v) is 4.29. The molecule has 1 aliphatic heterocycles. The van der Waals surface area contributed by atoms with Gasteiger partial charge in [-0.2, -0.15) is 5.10 Å². The van der Waals surface area contributed by atoms with Crippen LogP contribution in [0.3, 0.4) is 0 Å². The van der Waals surface area contributed by atoms with E-state index in [0.29, 0.717) is 11.5 Å². The second kappa shape index (κ2) is 6.54. The van der Waals surface area contributed by atoms with Crippen LogP contribution in [0, 0.1) is 0 Å². The molecule has 5 nitrogen and oxygen atoms in total. The quantitative estimate of drug-likeness (QED) is 0.881. The lowest BCUT2D eigenvalue weighted by atomic mass is 10.0. The van der Waals surface area contributed by atoms with Crippen molar-refractivity contribution in [1.82, 2.24) is 15.1 Å². The van der Waals surface area contributed by atoms with Crippen LogP contribution < -0.4 is 5.32 Å². The molecule has 1 N–H and O–H groups in total. The van der Waals surface area contributed by atoms with Gasteiger partial charge in [-0.1, -0.05) is 26.0 Å². The topological polar surface area (TPSA) is 56.2 Å². The van der Waals surface area contributed by atoms with Crippen molar-refractivity contribution in [2.75, 3.05) is 13.7 Å². The molecule has 0 saturated carbocycles. The average molecular weight is 313 g/mol. The molecule has 0 amide bonds. The zero-order valence-corrected chi connectivity index (χ0v) is 13.9. The Hall–Kier alpha value is -2.14. The van der Waals surface area contributed by atoms with E-state index >= 15 is 0 Å². The molecular weight excluding hydrogens is 290 g/mol. The largest absolute Gasteiger partial charge is 0.465 e. The first-order chi connectivity index (χ1) is 11.1. The molecule has 0 fully saturated rings. The molecule has 2 aromatic rings. The number of hydrogen-bond acceptors (Lipinski definition) is 4. The van der Waals surface area contributed by atoms with E-state index in [4.69, 9.17) is 9.84 Å². The monoisotopic (exact) mass is 313 g/mol. The molecule has 0 spiro atoms. The van der Waals surface area contributed by atoms with Gasteiger partial charge in [-0.15, -0.1) is 0 Å². The van der Waals surface area contributed by atoms with Gasteiger partial charge in [-0.3, -0.25) is 4.68 Å². The molecule has 5 heteroatoms. The van der Waals surface area contributed by atoms with Crippen molar-refractivity contribution in [3.8, 4) is 0 Å². The molecule has 0 bridgehead atoms. The third-order valence-electron chi connectivity index (χ3n) is 4.29. The smallest absolute Gasteiger partial charge is 0.337 e. The summed E-state index contributed by atoms with van der Waals surface area (Å²) in [5, 5.41) is 8.28. The summed E-state index contributed by atoms with van der Waals surface area (Å²) in [4.78, 5) is 11.5. The summed E-state index contributed by atoms with van der Waals surface area (Å²) in [7, 11) is 1.40. The van der Waals surface area contributed by atoms with Crippen LogP contribution in [-0.2, 0) is 24.2 Å². The van der Waals surface area contributed by atoms with Gasteiger partial charge in [-0.05, 0) is 23.6 Å². The fraction of sp³-hybridized carbons (Fsp3) is 0.444. The zero-order chi connectivity index (χ0) is 16.4. The number of aromatic nitrogens is 2. The Balaban J connectivity index is 1.86. The second-order valence-corrected chi connectivity index (χ2v) is 6.24. The van der Waals surface area contributed by atoms with Crippen molar-refractivity contribution in [1.29, 1.82) is 0 Å². The normalized spacial score (nSPS) is 13.9. The summed E-state index contributed by atoms with van der Waals surface area (Å²) in [6.45, 7) is 7.01. The average Bonchev–Trinajstić information content (AvgIpc) is 2.94. The minimum atomic E-state index is -0.304. The fourth-order valence-electron chi connectivity index (χ4n) is 3.08. The maximum Gasteiger partial charge on any atom is 0.337 e. The van der Waals surface area contributed by atoms with E-state index in [9.17, 15) is 4.79 Å². The number of hydrogen-bond donors (Lipinski definition) is 1. The Labute approximate surface area is 136 Å². The molecule has 0 saturated heterocycles. The van der Waals surface area contributed by atoms with Crippen LogP contribution in [0.2, 0.25) is 0 Å². The first-order valence-electron chi connectivity index (χ1n) is 8.06. The number of rotatable bonds is 4. The van der Waals surface area contributed by atoms with Crippen LogP contribution >= 0.6 is 0 Å². The van der Waals surface area contributed by atoms with E-state index < -0.39 is 0 Å². The molecule has 1 aromatic carbocycles. The van der Waals surface area contributed by atoms with Crippen molar-refractivity contribution >= 4 is 5.97 Å². The van der Waals surface area contributed by atoms with Gasteiger partial charge in [0.2, 0.25) is 0 Å². The van der Waals surface area contributed by atoms with Crippen LogP contribution in [0.1, 0.15) is 52.6 Å². The zero-order valence-electron chi connectivity index (χ0n) is 13.9. The van der Waals surface area contributed by atoms with E-state index in [0.717, 1.165) is 31.6 Å². The lowest BCUT2D eigenvalue weighted by Crippen LogP contribution is -2.25. The van der Waals surface area contributed by atoms with Gasteiger partial charge in [0, 0.05) is 30.8 Å². The molecule has 0 unspecified atom stereocenters. The Morgan fingerprint density at radius 3 is 2.74 bits per heavy atom. The van der Waals surface area contributed by atoms with Crippen LogP contribution in [-0.4, -0.2) is 29.4 Å². The molecule has 23 heavy (non-hydrogen) atoms. The van der Waals surface area contributed by atoms with E-state index in [1.54, 1.807) is 0 Å². The Morgan fingerprint density at radius 2 is 2.09 bits per heavy atom. The van der Waals surface area contributed by atoms with Gasteiger partial charge >= 0.3 is 5.97 Å². The highest BCUT2D eigenvalue weighted by Gasteiger charge is 2.22. The molecule has 0 atom stereocenters. The van der Waals surface area contributed by atoms with Crippen molar-refractivity contribution in [2.24, 2.45) is 0 Å². The Kier molecular flexibility index (Phi) is 4.48. The SMILES string of the molecule is COC(=O)c1ccc(Cn2nc(C(C)C)c3c2CCNC3)cc1. The van der Waals surface area contributed by atoms with Crippen molar-refractivity contribution in [3.05, 3.63) is 52.3 Å².